The Bertz CT molecular complexity index is 657. The third-order valence-corrected chi connectivity index (χ3v) is 4.59. The minimum Gasteiger partial charge on any atom is -0.338 e. The number of aromatic nitrogens is 3. The van der Waals surface area contributed by atoms with Crippen LogP contribution in [-0.2, 0) is 12.8 Å². The summed E-state index contributed by atoms with van der Waals surface area (Å²) < 4.78 is 0. The number of hydrogen-bond acceptors (Lipinski definition) is 6. The van der Waals surface area contributed by atoms with E-state index in [9.17, 15) is 0 Å². The molecule has 2 aromatic rings. The quantitative estimate of drug-likeness (QED) is 0.911. The Morgan fingerprint density at radius 1 is 1.04 bits per heavy atom. The summed E-state index contributed by atoms with van der Waals surface area (Å²) in [6, 6.07) is 6.45. The number of rotatable bonds is 5. The van der Waals surface area contributed by atoms with Gasteiger partial charge in [-0.1, -0.05) is 32.0 Å². The molecular weight excluding hydrogens is 300 g/mol. The number of para-hydroxylation sites is 1. The van der Waals surface area contributed by atoms with Crippen LogP contribution in [0.15, 0.2) is 24.4 Å². The average molecular weight is 326 g/mol. The normalized spacial score (nSPS) is 15.5. The standard InChI is InChI=1S/C18H26N6/c1-4-14-7-6-8-15(5-2)17(14)20-16-13-19-22-18(21-16)24-11-9-23(3)10-12-24/h6-8,13H,4-5,9-12H2,1-3H3,(H,20,21,22). The van der Waals surface area contributed by atoms with Gasteiger partial charge in [0.25, 0.3) is 0 Å². The summed E-state index contributed by atoms with van der Waals surface area (Å²) in [5.74, 6) is 1.47. The first-order chi connectivity index (χ1) is 11.7. The molecule has 2 heterocycles. The SMILES string of the molecule is CCc1cccc(CC)c1Nc1cnnc(N2CCN(C)CC2)n1. The largest absolute Gasteiger partial charge is 0.338 e. The summed E-state index contributed by atoms with van der Waals surface area (Å²) in [5.41, 5.74) is 3.76. The molecule has 1 aromatic heterocycles. The molecule has 0 atom stereocenters. The number of nitrogens with zero attached hydrogens (tertiary/aromatic N) is 5. The van der Waals surface area contributed by atoms with Gasteiger partial charge in [-0.2, -0.15) is 10.1 Å². The molecule has 6 heteroatoms. The number of piperazine rings is 1. The first-order valence-corrected chi connectivity index (χ1v) is 8.72. The maximum atomic E-state index is 4.69. The highest BCUT2D eigenvalue weighted by molar-refractivity contribution is 5.65. The molecule has 24 heavy (non-hydrogen) atoms. The monoisotopic (exact) mass is 326 g/mol. The van der Waals surface area contributed by atoms with Crippen LogP contribution in [0, 0.1) is 0 Å². The van der Waals surface area contributed by atoms with Crippen molar-refractivity contribution in [3.05, 3.63) is 35.5 Å². The summed E-state index contributed by atoms with van der Waals surface area (Å²) in [6.07, 6.45) is 3.67. The lowest BCUT2D eigenvalue weighted by molar-refractivity contribution is 0.311. The summed E-state index contributed by atoms with van der Waals surface area (Å²) in [7, 11) is 2.14. The maximum absolute atomic E-state index is 4.69. The fourth-order valence-corrected chi connectivity index (χ4v) is 3.03. The molecule has 1 aromatic carbocycles. The Morgan fingerprint density at radius 2 is 1.71 bits per heavy atom. The molecule has 0 bridgehead atoms. The molecule has 128 valence electrons. The van der Waals surface area contributed by atoms with Crippen LogP contribution in [-0.4, -0.2) is 53.3 Å². The van der Waals surface area contributed by atoms with Crippen LogP contribution in [0.25, 0.3) is 0 Å². The molecule has 0 radical (unpaired) electrons. The number of aryl methyl sites for hydroxylation is 2. The number of benzene rings is 1. The van der Waals surface area contributed by atoms with Gasteiger partial charge in [-0.25, -0.2) is 0 Å². The van der Waals surface area contributed by atoms with Crippen LogP contribution in [0.3, 0.4) is 0 Å². The fraction of sp³-hybridized carbons (Fsp3) is 0.500. The lowest BCUT2D eigenvalue weighted by Crippen LogP contribution is -2.45. The zero-order chi connectivity index (χ0) is 16.9. The maximum Gasteiger partial charge on any atom is 0.247 e. The predicted octanol–water partition coefficient (Wildman–Crippen LogP) is 2.49. The minimum atomic E-state index is 0.708. The zero-order valence-corrected chi connectivity index (χ0v) is 14.8. The van der Waals surface area contributed by atoms with Gasteiger partial charge >= 0.3 is 0 Å². The van der Waals surface area contributed by atoms with E-state index in [0.29, 0.717) is 5.95 Å². The van der Waals surface area contributed by atoms with E-state index in [1.165, 1.54) is 11.1 Å². The van der Waals surface area contributed by atoms with Crippen LogP contribution in [0.1, 0.15) is 25.0 Å². The molecule has 6 nitrogen and oxygen atoms in total. The molecule has 0 aliphatic carbocycles. The van der Waals surface area contributed by atoms with Gasteiger partial charge in [0.05, 0.1) is 6.20 Å². The van der Waals surface area contributed by atoms with Crippen molar-refractivity contribution >= 4 is 17.5 Å². The van der Waals surface area contributed by atoms with E-state index in [1.54, 1.807) is 6.20 Å². The van der Waals surface area contributed by atoms with Crippen LogP contribution in [0.2, 0.25) is 0 Å². The second kappa shape index (κ2) is 7.57. The summed E-state index contributed by atoms with van der Waals surface area (Å²) in [5, 5.41) is 11.9. The van der Waals surface area contributed by atoms with E-state index >= 15 is 0 Å². The van der Waals surface area contributed by atoms with Crippen molar-refractivity contribution < 1.29 is 0 Å². The van der Waals surface area contributed by atoms with Gasteiger partial charge < -0.3 is 15.1 Å². The van der Waals surface area contributed by atoms with E-state index in [1.807, 2.05) is 0 Å². The smallest absolute Gasteiger partial charge is 0.247 e. The van der Waals surface area contributed by atoms with Gasteiger partial charge in [0.1, 0.15) is 0 Å². The molecule has 0 spiro atoms. The fourth-order valence-electron chi connectivity index (χ4n) is 3.03. The van der Waals surface area contributed by atoms with E-state index in [-0.39, 0.29) is 0 Å². The zero-order valence-electron chi connectivity index (χ0n) is 14.8. The van der Waals surface area contributed by atoms with Crippen molar-refractivity contribution in [2.24, 2.45) is 0 Å². The van der Waals surface area contributed by atoms with Crippen LogP contribution in [0.5, 0.6) is 0 Å². The van der Waals surface area contributed by atoms with Crippen molar-refractivity contribution in [3.63, 3.8) is 0 Å². The second-order valence-electron chi connectivity index (χ2n) is 6.22. The highest BCUT2D eigenvalue weighted by Gasteiger charge is 2.17. The van der Waals surface area contributed by atoms with Crippen LogP contribution < -0.4 is 10.2 Å². The topological polar surface area (TPSA) is 57.2 Å². The Labute approximate surface area is 143 Å². The number of anilines is 3. The summed E-state index contributed by atoms with van der Waals surface area (Å²) in [4.78, 5) is 9.21. The minimum absolute atomic E-state index is 0.708. The molecule has 1 saturated heterocycles. The van der Waals surface area contributed by atoms with Gasteiger partial charge in [0, 0.05) is 31.9 Å². The molecule has 0 amide bonds. The predicted molar refractivity (Wildman–Crippen MR) is 98.0 cm³/mol. The molecule has 3 rings (SSSR count). The van der Waals surface area contributed by atoms with E-state index in [0.717, 1.165) is 50.5 Å². The van der Waals surface area contributed by atoms with Crippen molar-refractivity contribution in [3.8, 4) is 0 Å². The van der Waals surface area contributed by atoms with Crippen LogP contribution >= 0.6 is 0 Å². The number of likely N-dealkylation sites (N-methyl/N-ethyl adjacent to an activating group) is 1. The van der Waals surface area contributed by atoms with Crippen molar-refractivity contribution in [1.82, 2.24) is 20.1 Å². The van der Waals surface area contributed by atoms with Gasteiger partial charge in [-0.05, 0) is 31.0 Å². The Morgan fingerprint density at radius 3 is 2.33 bits per heavy atom. The molecule has 1 N–H and O–H groups in total. The number of hydrogen-bond donors (Lipinski definition) is 1. The van der Waals surface area contributed by atoms with Gasteiger partial charge in [0.2, 0.25) is 5.95 Å². The summed E-state index contributed by atoms with van der Waals surface area (Å²) in [6.45, 7) is 8.28. The third kappa shape index (κ3) is 3.64. The van der Waals surface area contributed by atoms with Gasteiger partial charge in [-0.3, -0.25) is 0 Å². The van der Waals surface area contributed by atoms with Crippen molar-refractivity contribution in [1.29, 1.82) is 0 Å². The van der Waals surface area contributed by atoms with Gasteiger partial charge in [-0.15, -0.1) is 5.10 Å². The molecule has 1 aliphatic rings. The first kappa shape index (κ1) is 16.6. The summed E-state index contributed by atoms with van der Waals surface area (Å²) >= 11 is 0. The highest BCUT2D eigenvalue weighted by Crippen LogP contribution is 2.26. The number of nitrogens with one attached hydrogen (secondary N) is 1. The molecular formula is C18H26N6. The Balaban J connectivity index is 1.83. The third-order valence-electron chi connectivity index (χ3n) is 4.59. The second-order valence-corrected chi connectivity index (χ2v) is 6.22. The molecule has 1 aliphatic heterocycles. The van der Waals surface area contributed by atoms with E-state index in [4.69, 9.17) is 4.98 Å². The van der Waals surface area contributed by atoms with E-state index in [2.05, 4.69) is 64.4 Å². The highest BCUT2D eigenvalue weighted by atomic mass is 15.4. The van der Waals surface area contributed by atoms with E-state index < -0.39 is 0 Å². The lowest BCUT2D eigenvalue weighted by Gasteiger charge is -2.32. The van der Waals surface area contributed by atoms with Crippen LogP contribution in [0.4, 0.5) is 17.5 Å². The lowest BCUT2D eigenvalue weighted by atomic mass is 10.0. The molecule has 1 fully saturated rings. The molecule has 0 unspecified atom stereocenters. The molecule has 0 saturated carbocycles. The van der Waals surface area contributed by atoms with Crippen molar-refractivity contribution in [2.45, 2.75) is 26.7 Å². The average Bonchev–Trinajstić information content (AvgIpc) is 2.62. The van der Waals surface area contributed by atoms with Crippen molar-refractivity contribution in [2.75, 3.05) is 43.4 Å². The Hall–Kier alpha value is -2.21. The first-order valence-electron chi connectivity index (χ1n) is 8.72. The Kier molecular flexibility index (Phi) is 5.25. The van der Waals surface area contributed by atoms with Gasteiger partial charge in [0.15, 0.2) is 5.82 Å².